The van der Waals surface area contributed by atoms with Crippen LogP contribution in [0.25, 0.3) is 0 Å². The zero-order valence-corrected chi connectivity index (χ0v) is 5.39. The molecule has 0 saturated carbocycles. The molecule has 0 radical (unpaired) electrons. The van der Waals surface area contributed by atoms with E-state index in [0.29, 0.717) is 18.7 Å². The first kappa shape index (κ1) is 6.71. The van der Waals surface area contributed by atoms with E-state index in [1.807, 2.05) is 0 Å². The Kier molecular flexibility index (Phi) is 2.19. The van der Waals surface area contributed by atoms with Gasteiger partial charge in [-0.3, -0.25) is 4.79 Å². The zero-order valence-electron chi connectivity index (χ0n) is 5.39. The third-order valence-electron chi connectivity index (χ3n) is 1.61. The number of ketones is 1. The first-order valence-electron chi connectivity index (χ1n) is 3.31. The summed E-state index contributed by atoms with van der Waals surface area (Å²) >= 11 is 0. The van der Waals surface area contributed by atoms with Crippen molar-refractivity contribution >= 4 is 5.78 Å². The molecule has 0 aromatic carbocycles. The summed E-state index contributed by atoms with van der Waals surface area (Å²) in [7, 11) is 0. The van der Waals surface area contributed by atoms with Crippen LogP contribution < -0.4 is 11.1 Å². The van der Waals surface area contributed by atoms with Gasteiger partial charge in [-0.2, -0.15) is 0 Å². The molecule has 9 heavy (non-hydrogen) atoms. The molecular formula is C6H12N2O. The van der Waals surface area contributed by atoms with Crippen LogP contribution in [0, 0.1) is 0 Å². The Labute approximate surface area is 54.6 Å². The lowest BCUT2D eigenvalue weighted by molar-refractivity contribution is -0.118. The highest BCUT2D eigenvalue weighted by atomic mass is 16.1. The standard InChI is InChI=1S/C6H12N2O/c7-3-1-5-6(9)2-4-8-5/h5,8H,1-4,7H2. The normalized spacial score (nSPS) is 27.2. The Morgan fingerprint density at radius 1 is 1.78 bits per heavy atom. The Hall–Kier alpha value is -0.410. The van der Waals surface area contributed by atoms with Gasteiger partial charge in [-0.05, 0) is 13.0 Å². The third kappa shape index (κ3) is 1.50. The molecule has 1 aliphatic heterocycles. The molecule has 0 spiro atoms. The summed E-state index contributed by atoms with van der Waals surface area (Å²) in [6.07, 6.45) is 1.48. The van der Waals surface area contributed by atoms with Gasteiger partial charge in [0.05, 0.1) is 6.04 Å². The van der Waals surface area contributed by atoms with Crippen LogP contribution in [0.15, 0.2) is 0 Å². The molecule has 3 N–H and O–H groups in total. The number of nitrogens with one attached hydrogen (secondary N) is 1. The van der Waals surface area contributed by atoms with Crippen LogP contribution in [0.1, 0.15) is 12.8 Å². The number of carbonyl (C=O) groups excluding carboxylic acids is 1. The average Bonchev–Trinajstić information content (AvgIpc) is 2.18. The van der Waals surface area contributed by atoms with E-state index in [9.17, 15) is 4.79 Å². The number of Topliss-reactive ketones (excluding diaryl/α,β-unsaturated/α-hetero) is 1. The van der Waals surface area contributed by atoms with Crippen LogP contribution in [0.4, 0.5) is 0 Å². The van der Waals surface area contributed by atoms with E-state index in [-0.39, 0.29) is 6.04 Å². The van der Waals surface area contributed by atoms with Crippen molar-refractivity contribution in [2.45, 2.75) is 18.9 Å². The lowest BCUT2D eigenvalue weighted by Crippen LogP contribution is -2.29. The second-order valence-corrected chi connectivity index (χ2v) is 2.30. The highest BCUT2D eigenvalue weighted by Gasteiger charge is 2.21. The van der Waals surface area contributed by atoms with Gasteiger partial charge >= 0.3 is 0 Å². The number of rotatable bonds is 2. The van der Waals surface area contributed by atoms with Gasteiger partial charge in [0.2, 0.25) is 0 Å². The summed E-state index contributed by atoms with van der Waals surface area (Å²) < 4.78 is 0. The maximum Gasteiger partial charge on any atom is 0.151 e. The van der Waals surface area contributed by atoms with Crippen molar-refractivity contribution < 1.29 is 4.79 Å². The van der Waals surface area contributed by atoms with E-state index in [0.717, 1.165) is 13.0 Å². The second-order valence-electron chi connectivity index (χ2n) is 2.30. The Bertz CT molecular complexity index is 114. The van der Waals surface area contributed by atoms with Crippen molar-refractivity contribution in [1.29, 1.82) is 0 Å². The summed E-state index contributed by atoms with van der Waals surface area (Å²) in [4.78, 5) is 10.8. The van der Waals surface area contributed by atoms with Crippen LogP contribution in [0.5, 0.6) is 0 Å². The lowest BCUT2D eigenvalue weighted by atomic mass is 10.1. The van der Waals surface area contributed by atoms with E-state index >= 15 is 0 Å². The Balaban J connectivity index is 2.31. The van der Waals surface area contributed by atoms with Crippen LogP contribution in [-0.2, 0) is 4.79 Å². The Morgan fingerprint density at radius 2 is 2.56 bits per heavy atom. The monoisotopic (exact) mass is 128 g/mol. The molecule has 0 bridgehead atoms. The van der Waals surface area contributed by atoms with Crippen molar-refractivity contribution in [3.05, 3.63) is 0 Å². The molecule has 1 aliphatic rings. The summed E-state index contributed by atoms with van der Waals surface area (Å²) in [5.41, 5.74) is 5.28. The smallest absolute Gasteiger partial charge is 0.151 e. The van der Waals surface area contributed by atoms with Gasteiger partial charge < -0.3 is 11.1 Å². The zero-order chi connectivity index (χ0) is 6.69. The SMILES string of the molecule is NCCC1NCCC1=O. The molecule has 0 amide bonds. The fraction of sp³-hybridized carbons (Fsp3) is 0.833. The van der Waals surface area contributed by atoms with E-state index in [1.54, 1.807) is 0 Å². The predicted molar refractivity (Wildman–Crippen MR) is 35.1 cm³/mol. The molecule has 0 aromatic rings. The molecule has 0 aromatic heterocycles. The van der Waals surface area contributed by atoms with Gasteiger partial charge in [0.15, 0.2) is 5.78 Å². The quantitative estimate of drug-likeness (QED) is 0.515. The van der Waals surface area contributed by atoms with Crippen LogP contribution in [0.3, 0.4) is 0 Å². The second kappa shape index (κ2) is 2.94. The van der Waals surface area contributed by atoms with Crippen molar-refractivity contribution in [3.8, 4) is 0 Å². The minimum atomic E-state index is 0.0648. The average molecular weight is 128 g/mol. The summed E-state index contributed by atoms with van der Waals surface area (Å²) in [6, 6.07) is 0.0648. The lowest BCUT2D eigenvalue weighted by Gasteiger charge is -2.04. The molecular weight excluding hydrogens is 116 g/mol. The van der Waals surface area contributed by atoms with Gasteiger partial charge in [-0.25, -0.2) is 0 Å². The first-order valence-corrected chi connectivity index (χ1v) is 3.31. The fourth-order valence-corrected chi connectivity index (χ4v) is 1.09. The topological polar surface area (TPSA) is 55.1 Å². The van der Waals surface area contributed by atoms with E-state index in [2.05, 4.69) is 5.32 Å². The third-order valence-corrected chi connectivity index (χ3v) is 1.61. The molecule has 1 atom stereocenters. The minimum Gasteiger partial charge on any atom is -0.330 e. The van der Waals surface area contributed by atoms with Gasteiger partial charge in [-0.15, -0.1) is 0 Å². The molecule has 1 saturated heterocycles. The molecule has 1 unspecified atom stereocenters. The number of nitrogens with two attached hydrogens (primary N) is 1. The molecule has 1 heterocycles. The highest BCUT2D eigenvalue weighted by molar-refractivity contribution is 5.86. The van der Waals surface area contributed by atoms with E-state index < -0.39 is 0 Å². The van der Waals surface area contributed by atoms with E-state index in [1.165, 1.54) is 0 Å². The molecule has 52 valence electrons. The largest absolute Gasteiger partial charge is 0.330 e. The Morgan fingerprint density at radius 3 is 3.00 bits per heavy atom. The van der Waals surface area contributed by atoms with Gasteiger partial charge in [0.25, 0.3) is 0 Å². The van der Waals surface area contributed by atoms with E-state index in [4.69, 9.17) is 5.73 Å². The molecule has 3 nitrogen and oxygen atoms in total. The predicted octanol–water partition coefficient (Wildman–Crippen LogP) is -0.734. The maximum absolute atomic E-state index is 10.8. The number of carbonyl (C=O) groups is 1. The summed E-state index contributed by atoms with van der Waals surface area (Å²) in [5.74, 6) is 0.320. The van der Waals surface area contributed by atoms with Crippen LogP contribution in [0.2, 0.25) is 0 Å². The van der Waals surface area contributed by atoms with Gasteiger partial charge in [0.1, 0.15) is 0 Å². The van der Waals surface area contributed by atoms with Gasteiger partial charge in [-0.1, -0.05) is 0 Å². The molecule has 1 rings (SSSR count). The molecule has 1 fully saturated rings. The minimum absolute atomic E-state index is 0.0648. The fourth-order valence-electron chi connectivity index (χ4n) is 1.09. The van der Waals surface area contributed by atoms with Gasteiger partial charge in [0, 0.05) is 13.0 Å². The molecule has 3 heteroatoms. The highest BCUT2D eigenvalue weighted by Crippen LogP contribution is 2.02. The first-order chi connectivity index (χ1) is 4.34. The number of hydrogen-bond acceptors (Lipinski definition) is 3. The molecule has 0 aliphatic carbocycles. The van der Waals surface area contributed by atoms with Crippen molar-refractivity contribution in [2.75, 3.05) is 13.1 Å². The van der Waals surface area contributed by atoms with Crippen molar-refractivity contribution in [2.24, 2.45) is 5.73 Å². The van der Waals surface area contributed by atoms with Crippen LogP contribution in [-0.4, -0.2) is 24.9 Å². The summed E-state index contributed by atoms with van der Waals surface area (Å²) in [5, 5.41) is 3.08. The van der Waals surface area contributed by atoms with Crippen molar-refractivity contribution in [1.82, 2.24) is 5.32 Å². The van der Waals surface area contributed by atoms with Crippen molar-refractivity contribution in [3.63, 3.8) is 0 Å². The maximum atomic E-state index is 10.8. The van der Waals surface area contributed by atoms with Crippen LogP contribution >= 0.6 is 0 Å². The summed E-state index contributed by atoms with van der Waals surface area (Å²) in [6.45, 7) is 1.44. The number of hydrogen-bond donors (Lipinski definition) is 2.